The SMILES string of the molecule is CCCCCc1ccc(-c2ccc(OCc3ccc(-c4ccc(OCC)c(F)c4F)cc3)c(F)c2F)cc1. The molecule has 0 aromatic heterocycles. The number of rotatable bonds is 11. The smallest absolute Gasteiger partial charge is 0.201 e. The van der Waals surface area contributed by atoms with Crippen LogP contribution in [0, 0.1) is 23.3 Å². The van der Waals surface area contributed by atoms with E-state index >= 15 is 0 Å². The standard InChI is InChI=1S/C32H30F4O2/c1-3-5-6-7-21-8-12-23(13-9-21)26-17-19-28(32(36)30(26)34)38-20-22-10-14-24(15-11-22)25-16-18-27(37-4-2)31(35)29(25)33/h8-19H,3-7,20H2,1-2H3. The molecule has 0 N–H and O–H groups in total. The third kappa shape index (κ3) is 6.18. The molecule has 4 aromatic rings. The first kappa shape index (κ1) is 27.2. The van der Waals surface area contributed by atoms with Crippen LogP contribution in [0.2, 0.25) is 0 Å². The molecule has 0 unspecified atom stereocenters. The summed E-state index contributed by atoms with van der Waals surface area (Å²) in [5, 5.41) is 0. The molecular formula is C32H30F4O2. The van der Waals surface area contributed by atoms with E-state index in [-0.39, 0.29) is 35.8 Å². The topological polar surface area (TPSA) is 18.5 Å². The van der Waals surface area contributed by atoms with Gasteiger partial charge >= 0.3 is 0 Å². The van der Waals surface area contributed by atoms with Gasteiger partial charge in [-0.25, -0.2) is 8.78 Å². The first-order valence-electron chi connectivity index (χ1n) is 12.8. The first-order chi connectivity index (χ1) is 18.4. The molecule has 0 fully saturated rings. The Labute approximate surface area is 220 Å². The third-order valence-electron chi connectivity index (χ3n) is 6.39. The number of hydrogen-bond acceptors (Lipinski definition) is 2. The normalized spacial score (nSPS) is 11.0. The summed E-state index contributed by atoms with van der Waals surface area (Å²) in [4.78, 5) is 0. The minimum Gasteiger partial charge on any atom is -0.491 e. The lowest BCUT2D eigenvalue weighted by molar-refractivity contribution is 0.285. The number of halogens is 4. The molecule has 0 radical (unpaired) electrons. The number of unbranched alkanes of at least 4 members (excludes halogenated alkanes) is 2. The van der Waals surface area contributed by atoms with E-state index in [1.165, 1.54) is 29.8 Å². The lowest BCUT2D eigenvalue weighted by Crippen LogP contribution is -2.01. The minimum absolute atomic E-state index is 0.0252. The molecule has 0 atom stereocenters. The number of ether oxygens (including phenoxy) is 2. The maximum absolute atomic E-state index is 14.9. The van der Waals surface area contributed by atoms with E-state index < -0.39 is 23.3 Å². The number of benzene rings is 4. The van der Waals surface area contributed by atoms with E-state index in [2.05, 4.69) is 6.92 Å². The van der Waals surface area contributed by atoms with Crippen molar-refractivity contribution in [2.45, 2.75) is 46.1 Å². The monoisotopic (exact) mass is 522 g/mol. The summed E-state index contributed by atoms with van der Waals surface area (Å²) >= 11 is 0. The molecular weight excluding hydrogens is 492 g/mol. The van der Waals surface area contributed by atoms with Gasteiger partial charge in [-0.05, 0) is 66.3 Å². The van der Waals surface area contributed by atoms with Gasteiger partial charge in [0.15, 0.2) is 23.1 Å². The maximum atomic E-state index is 14.9. The summed E-state index contributed by atoms with van der Waals surface area (Å²) < 4.78 is 69.0. The van der Waals surface area contributed by atoms with Gasteiger partial charge in [-0.2, -0.15) is 8.78 Å². The predicted octanol–water partition coefficient (Wildman–Crippen LogP) is 9.29. The van der Waals surface area contributed by atoms with Crippen molar-refractivity contribution in [3.05, 3.63) is 107 Å². The minimum atomic E-state index is -1.06. The van der Waals surface area contributed by atoms with Gasteiger partial charge in [0.2, 0.25) is 11.6 Å². The van der Waals surface area contributed by atoms with Crippen LogP contribution in [0.3, 0.4) is 0 Å². The summed E-state index contributed by atoms with van der Waals surface area (Å²) in [6, 6.07) is 19.8. The van der Waals surface area contributed by atoms with E-state index in [0.29, 0.717) is 16.7 Å². The van der Waals surface area contributed by atoms with Gasteiger partial charge in [-0.15, -0.1) is 0 Å². The van der Waals surface area contributed by atoms with Gasteiger partial charge in [0.05, 0.1) is 6.61 Å². The summed E-state index contributed by atoms with van der Waals surface area (Å²) in [7, 11) is 0. The highest BCUT2D eigenvalue weighted by Gasteiger charge is 2.17. The van der Waals surface area contributed by atoms with E-state index in [9.17, 15) is 17.6 Å². The van der Waals surface area contributed by atoms with Gasteiger partial charge < -0.3 is 9.47 Å². The molecule has 0 heterocycles. The van der Waals surface area contributed by atoms with E-state index in [1.807, 2.05) is 12.1 Å². The van der Waals surface area contributed by atoms with Crippen molar-refractivity contribution in [3.63, 3.8) is 0 Å². The highest BCUT2D eigenvalue weighted by molar-refractivity contribution is 5.66. The molecule has 0 bridgehead atoms. The molecule has 4 rings (SSSR count). The second-order valence-corrected chi connectivity index (χ2v) is 9.05. The molecule has 0 aliphatic rings. The van der Waals surface area contributed by atoms with Gasteiger partial charge in [0.25, 0.3) is 0 Å². The Morgan fingerprint density at radius 3 is 1.53 bits per heavy atom. The Kier molecular flexibility index (Phi) is 9.06. The Morgan fingerprint density at radius 2 is 1.03 bits per heavy atom. The van der Waals surface area contributed by atoms with Crippen molar-refractivity contribution in [3.8, 4) is 33.8 Å². The van der Waals surface area contributed by atoms with Crippen LogP contribution in [0.5, 0.6) is 11.5 Å². The second-order valence-electron chi connectivity index (χ2n) is 9.05. The summed E-state index contributed by atoms with van der Waals surface area (Å²) in [5.74, 6) is -4.41. The Morgan fingerprint density at radius 1 is 0.526 bits per heavy atom. The molecule has 0 aliphatic heterocycles. The van der Waals surface area contributed by atoms with Crippen LogP contribution >= 0.6 is 0 Å². The van der Waals surface area contributed by atoms with E-state index in [1.54, 1.807) is 43.3 Å². The van der Waals surface area contributed by atoms with Gasteiger partial charge in [-0.1, -0.05) is 68.3 Å². The summed E-state index contributed by atoms with van der Waals surface area (Å²) in [6.45, 7) is 4.04. The van der Waals surface area contributed by atoms with Crippen LogP contribution in [-0.4, -0.2) is 6.61 Å². The molecule has 198 valence electrons. The van der Waals surface area contributed by atoms with Crippen LogP contribution in [0.4, 0.5) is 17.6 Å². The highest BCUT2D eigenvalue weighted by atomic mass is 19.2. The van der Waals surface area contributed by atoms with Crippen molar-refractivity contribution in [2.75, 3.05) is 6.61 Å². The van der Waals surface area contributed by atoms with E-state index in [4.69, 9.17) is 9.47 Å². The highest BCUT2D eigenvalue weighted by Crippen LogP contribution is 2.32. The molecule has 6 heteroatoms. The zero-order chi connectivity index (χ0) is 27.1. The largest absolute Gasteiger partial charge is 0.491 e. The summed E-state index contributed by atoms with van der Waals surface area (Å²) in [5.41, 5.74) is 3.15. The molecule has 0 spiro atoms. The third-order valence-corrected chi connectivity index (χ3v) is 6.39. The fourth-order valence-electron chi connectivity index (χ4n) is 4.26. The maximum Gasteiger partial charge on any atom is 0.201 e. The molecule has 0 aliphatic carbocycles. The van der Waals surface area contributed by atoms with Crippen molar-refractivity contribution in [2.24, 2.45) is 0 Å². The molecule has 0 saturated heterocycles. The van der Waals surface area contributed by atoms with Crippen LogP contribution in [0.1, 0.15) is 44.2 Å². The fourth-order valence-corrected chi connectivity index (χ4v) is 4.26. The van der Waals surface area contributed by atoms with Gasteiger partial charge in [0.1, 0.15) is 6.61 Å². The first-order valence-corrected chi connectivity index (χ1v) is 12.8. The lowest BCUT2D eigenvalue weighted by atomic mass is 10.0. The van der Waals surface area contributed by atoms with E-state index in [0.717, 1.165) is 25.7 Å². The molecule has 0 amide bonds. The predicted molar refractivity (Wildman–Crippen MR) is 142 cm³/mol. The van der Waals surface area contributed by atoms with Crippen molar-refractivity contribution in [1.82, 2.24) is 0 Å². The molecule has 0 saturated carbocycles. The molecule has 4 aromatic carbocycles. The fraction of sp³-hybridized carbons (Fsp3) is 0.250. The number of hydrogen-bond donors (Lipinski definition) is 0. The molecule has 2 nitrogen and oxygen atoms in total. The quantitative estimate of drug-likeness (QED) is 0.144. The lowest BCUT2D eigenvalue weighted by Gasteiger charge is -2.12. The van der Waals surface area contributed by atoms with Gasteiger partial charge in [-0.3, -0.25) is 0 Å². The van der Waals surface area contributed by atoms with Crippen LogP contribution in [0.25, 0.3) is 22.3 Å². The average molecular weight is 523 g/mol. The Bertz CT molecular complexity index is 1370. The van der Waals surface area contributed by atoms with Gasteiger partial charge in [0, 0.05) is 11.1 Å². The average Bonchev–Trinajstić information content (AvgIpc) is 2.93. The molecule has 38 heavy (non-hydrogen) atoms. The Balaban J connectivity index is 1.43. The van der Waals surface area contributed by atoms with Crippen molar-refractivity contribution < 1.29 is 27.0 Å². The van der Waals surface area contributed by atoms with Crippen molar-refractivity contribution in [1.29, 1.82) is 0 Å². The van der Waals surface area contributed by atoms with Crippen LogP contribution in [-0.2, 0) is 13.0 Å². The van der Waals surface area contributed by atoms with Crippen LogP contribution < -0.4 is 9.47 Å². The number of aryl methyl sites for hydroxylation is 1. The zero-order valence-electron chi connectivity index (χ0n) is 21.5. The van der Waals surface area contributed by atoms with Crippen LogP contribution in [0.15, 0.2) is 72.8 Å². The summed E-state index contributed by atoms with van der Waals surface area (Å²) in [6.07, 6.45) is 4.37. The van der Waals surface area contributed by atoms with Crippen molar-refractivity contribution >= 4 is 0 Å². The second kappa shape index (κ2) is 12.6. The zero-order valence-corrected chi connectivity index (χ0v) is 21.5. The Hall–Kier alpha value is -3.80.